The fourth-order valence-corrected chi connectivity index (χ4v) is 4.25. The lowest BCUT2D eigenvalue weighted by atomic mass is 10.2. The number of hydrogen-bond acceptors (Lipinski definition) is 8. The third-order valence-electron chi connectivity index (χ3n) is 4.14. The van der Waals surface area contributed by atoms with Crippen molar-refractivity contribution in [3.63, 3.8) is 0 Å². The molecule has 0 aliphatic rings. The van der Waals surface area contributed by atoms with E-state index in [1.54, 1.807) is 30.2 Å². The summed E-state index contributed by atoms with van der Waals surface area (Å²) in [4.78, 5) is 0.971. The van der Waals surface area contributed by atoms with E-state index in [2.05, 4.69) is 38.8 Å². The third-order valence-corrected chi connectivity index (χ3v) is 5.95. The third kappa shape index (κ3) is 4.51. The summed E-state index contributed by atoms with van der Waals surface area (Å²) in [7, 11) is 1.66. The lowest BCUT2D eigenvalue weighted by molar-refractivity contribution is 0.415. The molecule has 0 aliphatic carbocycles. The predicted octanol–water partition coefficient (Wildman–Crippen LogP) is 5.01. The largest absolute Gasteiger partial charge is 0.497 e. The van der Waals surface area contributed by atoms with Crippen molar-refractivity contribution in [2.75, 3.05) is 7.11 Å². The van der Waals surface area contributed by atoms with E-state index in [0.29, 0.717) is 23.5 Å². The van der Waals surface area contributed by atoms with Gasteiger partial charge in [0.1, 0.15) is 5.75 Å². The summed E-state index contributed by atoms with van der Waals surface area (Å²) in [6.07, 6.45) is 0. The quantitative estimate of drug-likeness (QED) is 0.366. The Balaban J connectivity index is 1.54. The van der Waals surface area contributed by atoms with E-state index in [9.17, 15) is 0 Å². The maximum Gasteiger partial charge on any atom is 0.257 e. The van der Waals surface area contributed by atoms with Gasteiger partial charge in [-0.3, -0.25) is 0 Å². The summed E-state index contributed by atoms with van der Waals surface area (Å²) >= 11 is 3.13. The van der Waals surface area contributed by atoms with Crippen molar-refractivity contribution in [3.05, 3.63) is 47.7 Å². The summed E-state index contributed by atoms with van der Waals surface area (Å²) in [5, 5.41) is 20.0. The summed E-state index contributed by atoms with van der Waals surface area (Å²) in [5.41, 5.74) is 1.00. The molecule has 150 valence electrons. The van der Waals surface area contributed by atoms with Gasteiger partial charge >= 0.3 is 0 Å². The predicted molar refractivity (Wildman–Crippen MR) is 114 cm³/mol. The lowest BCUT2D eigenvalue weighted by Gasteiger charge is -2.12. The van der Waals surface area contributed by atoms with Crippen molar-refractivity contribution in [3.8, 4) is 27.9 Å². The maximum atomic E-state index is 5.78. The Morgan fingerprint density at radius 3 is 2.62 bits per heavy atom. The minimum absolute atomic E-state index is 0.455. The van der Waals surface area contributed by atoms with E-state index in [1.807, 2.05) is 41.8 Å². The van der Waals surface area contributed by atoms with Crippen LogP contribution in [0.1, 0.15) is 19.7 Å². The zero-order valence-corrected chi connectivity index (χ0v) is 18.0. The monoisotopic (exact) mass is 427 g/mol. The molecule has 0 N–H and O–H groups in total. The minimum Gasteiger partial charge on any atom is -0.497 e. The Hall–Kier alpha value is -2.65. The Labute approximate surface area is 177 Å². The Bertz CT molecular complexity index is 1060. The van der Waals surface area contributed by atoms with E-state index in [1.165, 1.54) is 0 Å². The molecule has 3 heterocycles. The number of thioether (sulfide) groups is 1. The number of ether oxygens (including phenoxy) is 1. The molecule has 7 nitrogen and oxygen atoms in total. The molecule has 0 aliphatic heterocycles. The molecule has 29 heavy (non-hydrogen) atoms. The zero-order valence-electron chi connectivity index (χ0n) is 16.4. The van der Waals surface area contributed by atoms with Crippen LogP contribution in [-0.4, -0.2) is 32.1 Å². The first-order chi connectivity index (χ1) is 14.1. The average Bonchev–Trinajstić information content (AvgIpc) is 3.47. The van der Waals surface area contributed by atoms with Crippen LogP contribution in [0.4, 0.5) is 0 Å². The number of aromatic nitrogens is 5. The molecular formula is C20H21N5O2S2. The molecular weight excluding hydrogens is 406 g/mol. The maximum absolute atomic E-state index is 5.78. The lowest BCUT2D eigenvalue weighted by Crippen LogP contribution is -2.08. The molecule has 0 radical (unpaired) electrons. The van der Waals surface area contributed by atoms with Gasteiger partial charge in [-0.1, -0.05) is 31.7 Å². The van der Waals surface area contributed by atoms with Crippen LogP contribution in [-0.2, 0) is 12.3 Å². The normalized spacial score (nSPS) is 11.3. The van der Waals surface area contributed by atoms with Crippen LogP contribution in [0.2, 0.25) is 0 Å². The molecule has 0 saturated heterocycles. The molecule has 0 unspecified atom stereocenters. The molecule has 3 aromatic heterocycles. The van der Waals surface area contributed by atoms with E-state index in [4.69, 9.17) is 9.15 Å². The van der Waals surface area contributed by atoms with Gasteiger partial charge < -0.3 is 13.7 Å². The second-order valence-corrected chi connectivity index (χ2v) is 8.70. The SMILES string of the molecule is COc1ccc(-c2nnc(SCc3nnc(-c4cccs4)o3)n2CC(C)C)cc1. The van der Waals surface area contributed by atoms with Crippen LogP contribution in [0.5, 0.6) is 5.75 Å². The van der Waals surface area contributed by atoms with E-state index >= 15 is 0 Å². The Morgan fingerprint density at radius 1 is 1.10 bits per heavy atom. The van der Waals surface area contributed by atoms with Crippen molar-refractivity contribution in [2.24, 2.45) is 5.92 Å². The molecule has 9 heteroatoms. The van der Waals surface area contributed by atoms with Crippen LogP contribution in [0, 0.1) is 5.92 Å². The number of methoxy groups -OCH3 is 1. The highest BCUT2D eigenvalue weighted by Crippen LogP contribution is 2.29. The first-order valence-electron chi connectivity index (χ1n) is 9.20. The fraction of sp³-hybridized carbons (Fsp3) is 0.300. The van der Waals surface area contributed by atoms with Gasteiger partial charge in [-0.05, 0) is 41.6 Å². The van der Waals surface area contributed by atoms with Crippen molar-refractivity contribution in [1.82, 2.24) is 25.0 Å². The van der Waals surface area contributed by atoms with Crippen LogP contribution < -0.4 is 4.74 Å². The van der Waals surface area contributed by atoms with Gasteiger partial charge in [0.2, 0.25) is 5.89 Å². The van der Waals surface area contributed by atoms with Gasteiger partial charge in [0, 0.05) is 12.1 Å². The molecule has 4 rings (SSSR count). The van der Waals surface area contributed by atoms with Crippen LogP contribution in [0.3, 0.4) is 0 Å². The molecule has 4 aromatic rings. The molecule has 1 aromatic carbocycles. The summed E-state index contributed by atoms with van der Waals surface area (Å²) in [6, 6.07) is 11.8. The van der Waals surface area contributed by atoms with Crippen molar-refractivity contribution in [1.29, 1.82) is 0 Å². The van der Waals surface area contributed by atoms with Crippen molar-refractivity contribution in [2.45, 2.75) is 31.3 Å². The van der Waals surface area contributed by atoms with Crippen molar-refractivity contribution < 1.29 is 9.15 Å². The summed E-state index contributed by atoms with van der Waals surface area (Å²) < 4.78 is 13.2. The number of benzene rings is 1. The van der Waals surface area contributed by atoms with Gasteiger partial charge in [-0.2, -0.15) is 0 Å². The first-order valence-corrected chi connectivity index (χ1v) is 11.1. The Kier molecular flexibility index (Phi) is 5.96. The van der Waals surface area contributed by atoms with E-state index < -0.39 is 0 Å². The molecule has 0 saturated carbocycles. The summed E-state index contributed by atoms with van der Waals surface area (Å²) in [6.45, 7) is 5.18. The van der Waals surface area contributed by atoms with Crippen LogP contribution in [0.15, 0.2) is 51.4 Å². The number of hydrogen-bond donors (Lipinski definition) is 0. The fourth-order valence-electron chi connectivity index (χ4n) is 2.82. The topological polar surface area (TPSA) is 78.9 Å². The van der Waals surface area contributed by atoms with Crippen molar-refractivity contribution >= 4 is 23.1 Å². The van der Waals surface area contributed by atoms with E-state index in [-0.39, 0.29) is 0 Å². The number of nitrogens with zero attached hydrogens (tertiary/aromatic N) is 5. The first kappa shape index (κ1) is 19.7. The second kappa shape index (κ2) is 8.79. The average molecular weight is 428 g/mol. The smallest absolute Gasteiger partial charge is 0.257 e. The highest BCUT2D eigenvalue weighted by molar-refractivity contribution is 7.98. The molecule has 0 atom stereocenters. The van der Waals surface area contributed by atoms with Gasteiger partial charge in [-0.15, -0.1) is 31.7 Å². The minimum atomic E-state index is 0.455. The van der Waals surface area contributed by atoms with Gasteiger partial charge in [0.25, 0.3) is 5.89 Å². The molecule has 0 fully saturated rings. The summed E-state index contributed by atoms with van der Waals surface area (Å²) in [5.74, 6) is 3.78. The van der Waals surface area contributed by atoms with Crippen LogP contribution in [0.25, 0.3) is 22.2 Å². The van der Waals surface area contributed by atoms with E-state index in [0.717, 1.165) is 33.7 Å². The van der Waals surface area contributed by atoms with Gasteiger partial charge in [0.15, 0.2) is 11.0 Å². The highest BCUT2D eigenvalue weighted by Gasteiger charge is 2.17. The van der Waals surface area contributed by atoms with Gasteiger partial charge in [-0.25, -0.2) is 0 Å². The Morgan fingerprint density at radius 2 is 1.93 bits per heavy atom. The number of thiophene rings is 1. The zero-order chi connectivity index (χ0) is 20.2. The standard InChI is InChI=1S/C20H21N5O2S2/c1-13(2)11-25-18(14-6-8-15(26-3)9-7-14)22-24-20(25)29-12-17-21-23-19(27-17)16-5-4-10-28-16/h4-10,13H,11-12H2,1-3H3. The molecule has 0 spiro atoms. The second-order valence-electron chi connectivity index (χ2n) is 6.81. The van der Waals surface area contributed by atoms with Crippen LogP contribution >= 0.6 is 23.1 Å². The number of rotatable bonds is 8. The highest BCUT2D eigenvalue weighted by atomic mass is 32.2. The van der Waals surface area contributed by atoms with Gasteiger partial charge in [0.05, 0.1) is 17.7 Å². The molecule has 0 amide bonds. The molecule has 0 bridgehead atoms.